The van der Waals surface area contributed by atoms with Gasteiger partial charge in [-0.3, -0.25) is 14.7 Å². The number of nitrogens with zero attached hydrogens (tertiary/aromatic N) is 2. The second-order valence-electron chi connectivity index (χ2n) is 9.49. The molecule has 1 fully saturated rings. The SMILES string of the molecule is O=C(Nc1cc(-c2ccccc2)n[nH]1)c1ccc(CN([C@@H]2CCCCNC2=O)S(=O)(=O)c2ccc(Cl)cc2)cc1. The van der Waals surface area contributed by atoms with Crippen molar-refractivity contribution in [3.8, 4) is 11.3 Å². The average molecular weight is 578 g/mol. The van der Waals surface area contributed by atoms with E-state index in [1.165, 1.54) is 28.6 Å². The molecule has 9 nitrogen and oxygen atoms in total. The lowest BCUT2D eigenvalue weighted by Crippen LogP contribution is -2.48. The molecule has 1 aliphatic rings. The van der Waals surface area contributed by atoms with Gasteiger partial charge in [0, 0.05) is 35.3 Å². The van der Waals surface area contributed by atoms with Gasteiger partial charge < -0.3 is 10.6 Å². The van der Waals surface area contributed by atoms with Gasteiger partial charge in [-0.05, 0) is 61.2 Å². The molecule has 1 atom stereocenters. The maximum Gasteiger partial charge on any atom is 0.256 e. The molecule has 0 aliphatic carbocycles. The van der Waals surface area contributed by atoms with Crippen LogP contribution in [-0.2, 0) is 21.4 Å². The van der Waals surface area contributed by atoms with Gasteiger partial charge in [-0.1, -0.05) is 54.1 Å². The summed E-state index contributed by atoms with van der Waals surface area (Å²) < 4.78 is 28.7. The summed E-state index contributed by atoms with van der Waals surface area (Å²) >= 11 is 5.97. The van der Waals surface area contributed by atoms with Crippen LogP contribution in [0.3, 0.4) is 0 Å². The highest BCUT2D eigenvalue weighted by Gasteiger charge is 2.36. The number of aromatic nitrogens is 2. The van der Waals surface area contributed by atoms with Crippen molar-refractivity contribution in [2.75, 3.05) is 11.9 Å². The van der Waals surface area contributed by atoms with Crippen LogP contribution < -0.4 is 10.6 Å². The predicted octanol–water partition coefficient (Wildman–Crippen LogP) is 4.84. The van der Waals surface area contributed by atoms with Gasteiger partial charge in [0.25, 0.3) is 5.91 Å². The molecule has 40 heavy (non-hydrogen) atoms. The Morgan fingerprint density at radius 3 is 2.45 bits per heavy atom. The smallest absolute Gasteiger partial charge is 0.256 e. The predicted molar refractivity (Wildman–Crippen MR) is 153 cm³/mol. The highest BCUT2D eigenvalue weighted by Crippen LogP contribution is 2.26. The molecular formula is C29H28ClN5O4S. The van der Waals surface area contributed by atoms with E-state index in [9.17, 15) is 18.0 Å². The molecule has 0 saturated carbocycles. The van der Waals surface area contributed by atoms with Crippen molar-refractivity contribution >= 4 is 39.3 Å². The van der Waals surface area contributed by atoms with E-state index in [0.29, 0.717) is 40.6 Å². The molecule has 11 heteroatoms. The van der Waals surface area contributed by atoms with Crippen LogP contribution in [0.25, 0.3) is 11.3 Å². The van der Waals surface area contributed by atoms with Crippen LogP contribution in [0.4, 0.5) is 5.82 Å². The molecule has 1 aliphatic heterocycles. The molecule has 5 rings (SSSR count). The highest BCUT2D eigenvalue weighted by atomic mass is 35.5. The van der Waals surface area contributed by atoms with Crippen LogP contribution in [0, 0.1) is 0 Å². The van der Waals surface area contributed by atoms with Crippen molar-refractivity contribution in [2.45, 2.75) is 36.7 Å². The molecule has 3 aromatic carbocycles. The molecule has 0 unspecified atom stereocenters. The van der Waals surface area contributed by atoms with Gasteiger partial charge in [0.15, 0.2) is 0 Å². The third-order valence-corrected chi connectivity index (χ3v) is 8.85. The number of anilines is 1. The second kappa shape index (κ2) is 12.0. The van der Waals surface area contributed by atoms with Gasteiger partial charge in [0.2, 0.25) is 15.9 Å². The molecule has 1 aromatic heterocycles. The Labute approximate surface area is 237 Å². The van der Waals surface area contributed by atoms with E-state index >= 15 is 0 Å². The van der Waals surface area contributed by atoms with Crippen molar-refractivity contribution in [2.24, 2.45) is 0 Å². The van der Waals surface area contributed by atoms with Gasteiger partial charge in [-0.2, -0.15) is 9.40 Å². The number of H-pyrrole nitrogens is 1. The number of rotatable bonds is 8. The summed E-state index contributed by atoms with van der Waals surface area (Å²) in [7, 11) is -4.03. The van der Waals surface area contributed by atoms with Crippen LogP contribution in [0.5, 0.6) is 0 Å². The van der Waals surface area contributed by atoms with Crippen LogP contribution in [0.1, 0.15) is 35.2 Å². The average Bonchev–Trinajstić information content (AvgIpc) is 3.33. The second-order valence-corrected chi connectivity index (χ2v) is 11.8. The number of aromatic amines is 1. The highest BCUT2D eigenvalue weighted by molar-refractivity contribution is 7.89. The first-order chi connectivity index (χ1) is 19.3. The molecule has 0 bridgehead atoms. The fourth-order valence-electron chi connectivity index (χ4n) is 4.58. The molecule has 206 valence electrons. The fraction of sp³-hybridized carbons (Fsp3) is 0.207. The van der Waals surface area contributed by atoms with E-state index in [2.05, 4.69) is 20.8 Å². The van der Waals surface area contributed by atoms with E-state index in [1.807, 2.05) is 30.3 Å². The van der Waals surface area contributed by atoms with Crippen molar-refractivity contribution in [1.29, 1.82) is 0 Å². The maximum atomic E-state index is 13.7. The Kier molecular flexibility index (Phi) is 8.29. The van der Waals surface area contributed by atoms with Crippen molar-refractivity contribution < 1.29 is 18.0 Å². The Hall–Kier alpha value is -3.99. The van der Waals surface area contributed by atoms with Gasteiger partial charge in [0.1, 0.15) is 11.9 Å². The summed E-state index contributed by atoms with van der Waals surface area (Å²) in [6.07, 6.45) is 1.91. The Bertz CT molecular complexity index is 1590. The third-order valence-electron chi connectivity index (χ3n) is 6.72. The topological polar surface area (TPSA) is 124 Å². The maximum absolute atomic E-state index is 13.7. The third kappa shape index (κ3) is 6.25. The zero-order valence-corrected chi connectivity index (χ0v) is 23.1. The minimum absolute atomic E-state index is 0.0358. The van der Waals surface area contributed by atoms with E-state index in [-0.39, 0.29) is 23.3 Å². The first kappa shape index (κ1) is 27.6. The summed E-state index contributed by atoms with van der Waals surface area (Å²) in [5.41, 5.74) is 2.65. The van der Waals surface area contributed by atoms with E-state index < -0.39 is 16.1 Å². The van der Waals surface area contributed by atoms with E-state index in [0.717, 1.165) is 18.4 Å². The van der Waals surface area contributed by atoms with Crippen LogP contribution >= 0.6 is 11.6 Å². The zero-order valence-electron chi connectivity index (χ0n) is 21.5. The van der Waals surface area contributed by atoms with E-state index in [4.69, 9.17) is 11.6 Å². The molecule has 2 heterocycles. The van der Waals surface area contributed by atoms with Crippen molar-refractivity contribution in [3.05, 3.63) is 101 Å². The lowest BCUT2D eigenvalue weighted by atomic mass is 10.1. The van der Waals surface area contributed by atoms with Gasteiger partial charge in [-0.15, -0.1) is 0 Å². The summed E-state index contributed by atoms with van der Waals surface area (Å²) in [6.45, 7) is 0.475. The molecule has 0 spiro atoms. The normalized spacial score (nSPS) is 15.8. The van der Waals surface area contributed by atoms with Gasteiger partial charge in [0.05, 0.1) is 10.6 Å². The number of sulfonamides is 1. The van der Waals surface area contributed by atoms with Crippen LogP contribution in [0.2, 0.25) is 5.02 Å². The molecule has 1 saturated heterocycles. The monoisotopic (exact) mass is 577 g/mol. The summed E-state index contributed by atoms with van der Waals surface area (Å²) in [4.78, 5) is 25.8. The summed E-state index contributed by atoms with van der Waals surface area (Å²) in [6, 6.07) is 23.0. The lowest BCUT2D eigenvalue weighted by Gasteiger charge is -2.29. The first-order valence-electron chi connectivity index (χ1n) is 12.9. The molecule has 3 N–H and O–H groups in total. The number of halogens is 1. The number of amides is 2. The molecule has 0 radical (unpaired) electrons. The van der Waals surface area contributed by atoms with E-state index in [1.54, 1.807) is 30.3 Å². The number of hydrogen-bond acceptors (Lipinski definition) is 5. The Balaban J connectivity index is 1.34. The van der Waals surface area contributed by atoms with Crippen LogP contribution in [-0.4, -0.2) is 47.3 Å². The standard InChI is InChI=1S/C29H28ClN5O4S/c30-23-13-15-24(16-14-23)40(38,39)35(26-8-4-5-17-31-29(26)37)19-20-9-11-22(12-10-20)28(36)32-27-18-25(33-34-27)21-6-2-1-3-7-21/h1-3,6-7,9-16,18,26H,4-5,8,17,19H2,(H,31,37)(H2,32,33,34,36)/t26-/m1/s1. The lowest BCUT2D eigenvalue weighted by molar-refractivity contribution is -0.124. The van der Waals surface area contributed by atoms with Crippen LogP contribution in [0.15, 0.2) is 89.8 Å². The Morgan fingerprint density at radius 1 is 1.00 bits per heavy atom. The molecule has 4 aromatic rings. The minimum atomic E-state index is -4.03. The summed E-state index contributed by atoms with van der Waals surface area (Å²) in [5, 5.41) is 13.1. The fourth-order valence-corrected chi connectivity index (χ4v) is 6.31. The van der Waals surface area contributed by atoms with Gasteiger partial charge >= 0.3 is 0 Å². The molecular weight excluding hydrogens is 550 g/mol. The summed E-state index contributed by atoms with van der Waals surface area (Å²) in [5.74, 6) is -0.211. The zero-order chi connectivity index (χ0) is 28.1. The quantitative estimate of drug-likeness (QED) is 0.276. The number of carbonyl (C=O) groups is 2. The number of hydrogen-bond donors (Lipinski definition) is 3. The number of benzene rings is 3. The first-order valence-corrected chi connectivity index (χ1v) is 14.7. The minimum Gasteiger partial charge on any atom is -0.355 e. The van der Waals surface area contributed by atoms with Crippen molar-refractivity contribution in [1.82, 2.24) is 19.8 Å². The largest absolute Gasteiger partial charge is 0.355 e. The number of carbonyl (C=O) groups excluding carboxylic acids is 2. The van der Waals surface area contributed by atoms with Gasteiger partial charge in [-0.25, -0.2) is 8.42 Å². The van der Waals surface area contributed by atoms with Crippen molar-refractivity contribution in [3.63, 3.8) is 0 Å². The number of nitrogens with one attached hydrogen (secondary N) is 3. The molecule has 2 amide bonds. The Morgan fingerprint density at radius 2 is 1.73 bits per heavy atom.